The zero-order chi connectivity index (χ0) is 15.4. The molecule has 0 heterocycles. The van der Waals surface area contributed by atoms with E-state index < -0.39 is 0 Å². The molecule has 1 N–H and O–H groups in total. The van der Waals surface area contributed by atoms with E-state index in [1.54, 1.807) is 12.1 Å². The fraction of sp³-hybridized carbons (Fsp3) is 0.235. The van der Waals surface area contributed by atoms with E-state index in [0.717, 1.165) is 4.90 Å². The van der Waals surface area contributed by atoms with Gasteiger partial charge >= 0.3 is 0 Å². The Hall–Kier alpha value is -1.94. The molecule has 2 aromatic rings. The van der Waals surface area contributed by atoms with E-state index in [2.05, 4.69) is 0 Å². The maximum absolute atomic E-state index is 12.2. The molecule has 0 atom stereocenters. The zero-order valence-corrected chi connectivity index (χ0v) is 13.1. The van der Waals surface area contributed by atoms with Gasteiger partial charge in [-0.05, 0) is 24.3 Å². The first kappa shape index (κ1) is 15.4. The van der Waals surface area contributed by atoms with Crippen molar-refractivity contribution in [2.24, 2.45) is 5.92 Å². The van der Waals surface area contributed by atoms with Crippen molar-refractivity contribution in [1.82, 2.24) is 0 Å². The normalized spacial score (nSPS) is 10.7. The van der Waals surface area contributed by atoms with Gasteiger partial charge in [0.15, 0.2) is 17.3 Å². The van der Waals surface area contributed by atoms with Gasteiger partial charge in [0.05, 0.1) is 12.0 Å². The Morgan fingerprint density at radius 3 is 2.43 bits per heavy atom. The molecule has 0 saturated heterocycles. The molecule has 21 heavy (non-hydrogen) atoms. The average Bonchev–Trinajstić information content (AvgIpc) is 2.49. The maximum atomic E-state index is 12.2. The van der Waals surface area contributed by atoms with Gasteiger partial charge in [0.1, 0.15) is 0 Å². The summed E-state index contributed by atoms with van der Waals surface area (Å²) in [6, 6.07) is 13.0. The molecule has 0 fully saturated rings. The number of ketones is 1. The van der Waals surface area contributed by atoms with Crippen LogP contribution in [0.5, 0.6) is 11.5 Å². The molecule has 2 aromatic carbocycles. The number of rotatable bonds is 5. The number of carbonyl (C=O) groups excluding carboxylic acids is 1. The highest BCUT2D eigenvalue weighted by atomic mass is 32.2. The first-order chi connectivity index (χ1) is 10.0. The summed E-state index contributed by atoms with van der Waals surface area (Å²) in [5.41, 5.74) is 0.554. The molecule has 0 unspecified atom stereocenters. The van der Waals surface area contributed by atoms with Crippen LogP contribution in [0.4, 0.5) is 0 Å². The molecule has 3 nitrogen and oxygen atoms in total. The van der Waals surface area contributed by atoms with Gasteiger partial charge < -0.3 is 9.84 Å². The Morgan fingerprint density at radius 1 is 1.19 bits per heavy atom. The number of carbonyl (C=O) groups is 1. The number of benzene rings is 2. The summed E-state index contributed by atoms with van der Waals surface area (Å²) in [6.45, 7) is 3.71. The van der Waals surface area contributed by atoms with Crippen LogP contribution in [0.15, 0.2) is 52.3 Å². The lowest BCUT2D eigenvalue weighted by Gasteiger charge is -2.12. The molecule has 2 rings (SSSR count). The summed E-state index contributed by atoms with van der Waals surface area (Å²) in [4.78, 5) is 13.8. The molecular formula is C17H18O3S. The molecule has 0 aliphatic heterocycles. The second-order valence-electron chi connectivity index (χ2n) is 4.96. The van der Waals surface area contributed by atoms with Crippen molar-refractivity contribution in [3.05, 3.63) is 48.0 Å². The smallest absolute Gasteiger partial charge is 0.171 e. The second-order valence-corrected chi connectivity index (χ2v) is 6.07. The van der Waals surface area contributed by atoms with E-state index in [0.29, 0.717) is 16.2 Å². The van der Waals surface area contributed by atoms with Crippen molar-refractivity contribution < 1.29 is 14.6 Å². The molecule has 0 aromatic heterocycles. The van der Waals surface area contributed by atoms with Crippen molar-refractivity contribution >= 4 is 17.5 Å². The second kappa shape index (κ2) is 6.68. The van der Waals surface area contributed by atoms with E-state index in [9.17, 15) is 9.90 Å². The summed E-state index contributed by atoms with van der Waals surface area (Å²) in [5.74, 6) is 0.309. The standard InChI is InChI=1S/C17H18O3S/c1-11(2)16(18)12-9-14(20-3)17(19)15(10-12)21-13-7-5-4-6-8-13/h4-11,19H,1-3H3. The van der Waals surface area contributed by atoms with Gasteiger partial charge in [0.25, 0.3) is 0 Å². The highest BCUT2D eigenvalue weighted by Gasteiger charge is 2.17. The van der Waals surface area contributed by atoms with E-state index in [1.165, 1.54) is 18.9 Å². The van der Waals surface area contributed by atoms with Crippen molar-refractivity contribution in [3.8, 4) is 11.5 Å². The van der Waals surface area contributed by atoms with Crippen molar-refractivity contribution in [1.29, 1.82) is 0 Å². The third-order valence-electron chi connectivity index (χ3n) is 3.04. The van der Waals surface area contributed by atoms with E-state index in [1.807, 2.05) is 44.2 Å². The van der Waals surface area contributed by atoms with Gasteiger partial charge in [0.2, 0.25) is 0 Å². The molecule has 0 radical (unpaired) electrons. The number of hydrogen-bond acceptors (Lipinski definition) is 4. The largest absolute Gasteiger partial charge is 0.503 e. The fourth-order valence-corrected chi connectivity index (χ4v) is 2.84. The lowest BCUT2D eigenvalue weighted by Crippen LogP contribution is -2.07. The Kier molecular flexibility index (Phi) is 4.91. The quantitative estimate of drug-likeness (QED) is 0.832. The first-order valence-electron chi connectivity index (χ1n) is 6.71. The van der Waals surface area contributed by atoms with Crippen LogP contribution >= 0.6 is 11.8 Å². The van der Waals surface area contributed by atoms with Crippen LogP contribution in [0, 0.1) is 5.92 Å². The third kappa shape index (κ3) is 3.58. The average molecular weight is 302 g/mol. The molecule has 0 spiro atoms. The van der Waals surface area contributed by atoms with Crippen LogP contribution in [0.1, 0.15) is 24.2 Å². The predicted octanol–water partition coefficient (Wildman–Crippen LogP) is 4.39. The minimum atomic E-state index is -0.103. The van der Waals surface area contributed by atoms with Crippen LogP contribution in [-0.4, -0.2) is 18.0 Å². The Balaban J connectivity index is 2.44. The van der Waals surface area contributed by atoms with Crippen LogP contribution in [0.25, 0.3) is 0 Å². The van der Waals surface area contributed by atoms with E-state index in [4.69, 9.17) is 4.74 Å². The van der Waals surface area contributed by atoms with Gasteiger partial charge in [-0.1, -0.05) is 43.8 Å². The molecule has 0 aliphatic rings. The Morgan fingerprint density at radius 2 is 1.86 bits per heavy atom. The number of methoxy groups -OCH3 is 1. The number of aromatic hydroxyl groups is 1. The molecule has 0 bridgehead atoms. The lowest BCUT2D eigenvalue weighted by molar-refractivity contribution is 0.0938. The summed E-state index contributed by atoms with van der Waals surface area (Å²) >= 11 is 1.40. The van der Waals surface area contributed by atoms with Crippen molar-refractivity contribution in [3.63, 3.8) is 0 Å². The van der Waals surface area contributed by atoms with Gasteiger partial charge in [-0.25, -0.2) is 0 Å². The summed E-state index contributed by atoms with van der Waals surface area (Å²) in [5, 5.41) is 10.2. The van der Waals surface area contributed by atoms with Crippen LogP contribution < -0.4 is 4.74 Å². The Bertz CT molecular complexity index is 636. The summed E-state index contributed by atoms with van der Waals surface area (Å²) < 4.78 is 5.18. The molecule has 4 heteroatoms. The molecule has 110 valence electrons. The number of Topliss-reactive ketones (excluding diaryl/α,β-unsaturated/α-hetero) is 1. The highest BCUT2D eigenvalue weighted by Crippen LogP contribution is 2.41. The number of phenols is 1. The lowest BCUT2D eigenvalue weighted by atomic mass is 10.0. The summed E-state index contributed by atoms with van der Waals surface area (Å²) in [7, 11) is 1.48. The minimum absolute atomic E-state index is 0.0308. The molecule has 0 saturated carbocycles. The van der Waals surface area contributed by atoms with Crippen molar-refractivity contribution in [2.75, 3.05) is 7.11 Å². The van der Waals surface area contributed by atoms with Gasteiger partial charge in [-0.2, -0.15) is 0 Å². The summed E-state index contributed by atoms with van der Waals surface area (Å²) in [6.07, 6.45) is 0. The minimum Gasteiger partial charge on any atom is -0.503 e. The number of ether oxygens (including phenoxy) is 1. The SMILES string of the molecule is COc1cc(C(=O)C(C)C)cc(Sc2ccccc2)c1O. The number of hydrogen-bond donors (Lipinski definition) is 1. The maximum Gasteiger partial charge on any atom is 0.171 e. The molecular weight excluding hydrogens is 284 g/mol. The van der Waals surface area contributed by atoms with E-state index >= 15 is 0 Å². The highest BCUT2D eigenvalue weighted by molar-refractivity contribution is 7.99. The van der Waals surface area contributed by atoms with Gasteiger partial charge in [-0.15, -0.1) is 0 Å². The van der Waals surface area contributed by atoms with Gasteiger partial charge in [0, 0.05) is 16.4 Å². The Labute approximate surface area is 129 Å². The fourth-order valence-electron chi connectivity index (χ4n) is 1.91. The van der Waals surface area contributed by atoms with Crippen LogP contribution in [0.2, 0.25) is 0 Å². The first-order valence-corrected chi connectivity index (χ1v) is 7.52. The monoisotopic (exact) mass is 302 g/mol. The molecule has 0 aliphatic carbocycles. The zero-order valence-electron chi connectivity index (χ0n) is 12.3. The predicted molar refractivity (Wildman–Crippen MR) is 84.4 cm³/mol. The van der Waals surface area contributed by atoms with Crippen LogP contribution in [-0.2, 0) is 0 Å². The van der Waals surface area contributed by atoms with E-state index in [-0.39, 0.29) is 17.5 Å². The van der Waals surface area contributed by atoms with Crippen LogP contribution in [0.3, 0.4) is 0 Å². The van der Waals surface area contributed by atoms with Gasteiger partial charge in [-0.3, -0.25) is 4.79 Å². The number of phenolic OH excluding ortho intramolecular Hbond substituents is 1. The van der Waals surface area contributed by atoms with Crippen molar-refractivity contribution in [2.45, 2.75) is 23.6 Å². The topological polar surface area (TPSA) is 46.5 Å². The third-order valence-corrected chi connectivity index (χ3v) is 4.08. The molecule has 0 amide bonds.